The van der Waals surface area contributed by atoms with Gasteiger partial charge in [0.2, 0.25) is 0 Å². The number of nitrogens with one attached hydrogen (secondary N) is 2. The summed E-state index contributed by atoms with van der Waals surface area (Å²) in [4.78, 5) is 32.9. The second-order valence-electron chi connectivity index (χ2n) is 4.02. The second kappa shape index (κ2) is 7.88. The first-order valence-electron chi connectivity index (χ1n) is 6.19. The highest BCUT2D eigenvalue weighted by Crippen LogP contribution is 2.18. The summed E-state index contributed by atoms with van der Waals surface area (Å²) in [6, 6.07) is 5.77. The molecule has 7 nitrogen and oxygen atoms in total. The van der Waals surface area contributed by atoms with Crippen LogP contribution < -0.4 is 10.6 Å². The number of anilines is 1. The highest BCUT2D eigenvalue weighted by Gasteiger charge is 2.07. The van der Waals surface area contributed by atoms with Gasteiger partial charge in [-0.2, -0.15) is 4.91 Å². The van der Waals surface area contributed by atoms with Gasteiger partial charge in [0.15, 0.2) is 0 Å². The van der Waals surface area contributed by atoms with Crippen LogP contribution in [-0.2, 0) is 9.53 Å². The Kier molecular flexibility index (Phi) is 6.15. The summed E-state index contributed by atoms with van der Waals surface area (Å²) in [6.45, 7) is 3.45. The van der Waals surface area contributed by atoms with Crippen molar-refractivity contribution >= 4 is 17.7 Å². The van der Waals surface area contributed by atoms with Gasteiger partial charge in [-0.05, 0) is 31.5 Å². The van der Waals surface area contributed by atoms with Gasteiger partial charge >= 0.3 is 12.0 Å². The molecule has 0 saturated heterocycles. The van der Waals surface area contributed by atoms with Gasteiger partial charge in [-0.15, -0.1) is 0 Å². The van der Waals surface area contributed by atoms with Crippen molar-refractivity contribution in [2.24, 2.45) is 5.18 Å². The van der Waals surface area contributed by atoms with Gasteiger partial charge in [0.05, 0.1) is 6.61 Å². The van der Waals surface area contributed by atoms with E-state index in [2.05, 4.69) is 20.5 Å². The van der Waals surface area contributed by atoms with E-state index in [1.54, 1.807) is 38.1 Å². The number of esters is 1. The Morgan fingerprint density at radius 1 is 1.30 bits per heavy atom. The number of hydrogen-bond donors (Lipinski definition) is 2. The van der Waals surface area contributed by atoms with E-state index >= 15 is 0 Å². The Morgan fingerprint density at radius 3 is 2.50 bits per heavy atom. The summed E-state index contributed by atoms with van der Waals surface area (Å²) >= 11 is 0. The fourth-order valence-electron chi connectivity index (χ4n) is 1.45. The number of hydrogen-bond acceptors (Lipinski definition) is 5. The van der Waals surface area contributed by atoms with Crippen LogP contribution in [0.5, 0.6) is 0 Å². The van der Waals surface area contributed by atoms with Gasteiger partial charge in [-0.3, -0.25) is 4.79 Å². The Morgan fingerprint density at radius 2 is 1.95 bits per heavy atom. The lowest BCUT2D eigenvalue weighted by Crippen LogP contribution is -2.34. The van der Waals surface area contributed by atoms with Crippen LogP contribution in [0.4, 0.5) is 10.5 Å². The standard InChI is InChI=1S/C13H17N3O4/c1-3-20-12(17)8-14-13(18)15-11-6-4-10(5-7-11)9(2)16-19/h4-7,9H,3,8H2,1-2H3,(H2,14,15,18). The first kappa shape index (κ1) is 15.6. The maximum absolute atomic E-state index is 11.5. The molecule has 2 amide bonds. The molecule has 1 aromatic rings. The van der Waals surface area contributed by atoms with Crippen molar-refractivity contribution in [2.45, 2.75) is 19.9 Å². The third kappa shape index (κ3) is 5.05. The van der Waals surface area contributed by atoms with Crippen molar-refractivity contribution in [3.05, 3.63) is 34.7 Å². The van der Waals surface area contributed by atoms with Crippen molar-refractivity contribution in [3.63, 3.8) is 0 Å². The zero-order chi connectivity index (χ0) is 15.0. The first-order valence-corrected chi connectivity index (χ1v) is 6.19. The zero-order valence-electron chi connectivity index (χ0n) is 11.4. The molecule has 1 unspecified atom stereocenters. The van der Waals surface area contributed by atoms with Crippen molar-refractivity contribution < 1.29 is 14.3 Å². The molecule has 0 heterocycles. The molecule has 0 saturated carbocycles. The second-order valence-corrected chi connectivity index (χ2v) is 4.02. The van der Waals surface area contributed by atoms with Gasteiger partial charge < -0.3 is 15.4 Å². The zero-order valence-corrected chi connectivity index (χ0v) is 11.4. The molecular formula is C13H17N3O4. The van der Waals surface area contributed by atoms with Crippen molar-refractivity contribution in [1.29, 1.82) is 0 Å². The molecule has 1 atom stereocenters. The number of carbonyl (C=O) groups excluding carboxylic acids is 2. The molecule has 2 N–H and O–H groups in total. The van der Waals surface area contributed by atoms with Gasteiger partial charge in [0.1, 0.15) is 12.6 Å². The average Bonchev–Trinajstić information content (AvgIpc) is 2.45. The maximum atomic E-state index is 11.5. The molecule has 0 spiro atoms. The lowest BCUT2D eigenvalue weighted by Gasteiger charge is -2.08. The number of rotatable bonds is 6. The number of nitroso groups, excluding NO2 is 1. The summed E-state index contributed by atoms with van der Waals surface area (Å²) < 4.78 is 4.68. The molecule has 0 aliphatic carbocycles. The summed E-state index contributed by atoms with van der Waals surface area (Å²) in [5, 5.41) is 7.84. The Bertz CT molecular complexity index is 473. The molecule has 1 rings (SSSR count). The number of amides is 2. The quantitative estimate of drug-likeness (QED) is 0.616. The normalized spacial score (nSPS) is 11.3. The number of urea groups is 1. The van der Waals surface area contributed by atoms with Crippen LogP contribution in [-0.4, -0.2) is 25.2 Å². The molecule has 108 valence electrons. The van der Waals surface area contributed by atoms with E-state index in [4.69, 9.17) is 0 Å². The van der Waals surface area contributed by atoms with Crippen molar-refractivity contribution in [1.82, 2.24) is 5.32 Å². The summed E-state index contributed by atoms with van der Waals surface area (Å²) in [5.74, 6) is -0.496. The van der Waals surface area contributed by atoms with Crippen LogP contribution in [0.1, 0.15) is 25.5 Å². The van der Waals surface area contributed by atoms with E-state index in [1.807, 2.05) is 0 Å². The number of benzene rings is 1. The van der Waals surface area contributed by atoms with Crippen LogP contribution in [0.25, 0.3) is 0 Å². The summed E-state index contributed by atoms with van der Waals surface area (Å²) in [5.41, 5.74) is 1.31. The molecule has 0 fully saturated rings. The van der Waals surface area contributed by atoms with Crippen molar-refractivity contribution in [3.8, 4) is 0 Å². The lowest BCUT2D eigenvalue weighted by atomic mass is 10.1. The SMILES string of the molecule is CCOC(=O)CNC(=O)Nc1ccc(C(C)N=O)cc1. The number of ether oxygens (including phenoxy) is 1. The van der Waals surface area contributed by atoms with E-state index in [1.165, 1.54) is 0 Å². The smallest absolute Gasteiger partial charge is 0.325 e. The van der Waals surface area contributed by atoms with Crippen LogP contribution in [0.15, 0.2) is 29.4 Å². The van der Waals surface area contributed by atoms with Crippen molar-refractivity contribution in [2.75, 3.05) is 18.5 Å². The monoisotopic (exact) mass is 279 g/mol. The minimum absolute atomic E-state index is 0.191. The lowest BCUT2D eigenvalue weighted by molar-refractivity contribution is -0.141. The first-order chi connectivity index (χ1) is 9.56. The van der Waals surface area contributed by atoms with Crippen LogP contribution >= 0.6 is 0 Å². The molecule has 1 aromatic carbocycles. The largest absolute Gasteiger partial charge is 0.465 e. The predicted molar refractivity (Wildman–Crippen MR) is 74.3 cm³/mol. The molecule has 7 heteroatoms. The third-order valence-corrected chi connectivity index (χ3v) is 2.51. The van der Waals surface area contributed by atoms with Gasteiger partial charge in [0.25, 0.3) is 0 Å². The van der Waals surface area contributed by atoms with E-state index in [-0.39, 0.29) is 13.2 Å². The number of nitrogens with zero attached hydrogens (tertiary/aromatic N) is 1. The highest BCUT2D eigenvalue weighted by atomic mass is 16.5. The van der Waals surface area contributed by atoms with E-state index in [9.17, 15) is 14.5 Å². The van der Waals surface area contributed by atoms with E-state index in [0.717, 1.165) is 5.56 Å². The topological polar surface area (TPSA) is 96.9 Å². The maximum Gasteiger partial charge on any atom is 0.325 e. The predicted octanol–water partition coefficient (Wildman–Crippen LogP) is 2.20. The fraction of sp³-hybridized carbons (Fsp3) is 0.385. The van der Waals surface area contributed by atoms with E-state index in [0.29, 0.717) is 5.69 Å². The van der Waals surface area contributed by atoms with Gasteiger partial charge in [0, 0.05) is 5.69 Å². The molecule has 0 radical (unpaired) electrons. The summed E-state index contributed by atoms with van der Waals surface area (Å²) in [7, 11) is 0. The minimum atomic E-state index is -0.507. The molecular weight excluding hydrogens is 262 g/mol. The average molecular weight is 279 g/mol. The van der Waals surface area contributed by atoms with Crippen LogP contribution in [0.3, 0.4) is 0 Å². The van der Waals surface area contributed by atoms with Crippen LogP contribution in [0.2, 0.25) is 0 Å². The Balaban J connectivity index is 2.46. The molecule has 20 heavy (non-hydrogen) atoms. The molecule has 0 aliphatic rings. The third-order valence-electron chi connectivity index (χ3n) is 2.51. The van der Waals surface area contributed by atoms with E-state index < -0.39 is 18.0 Å². The molecule has 0 aliphatic heterocycles. The Hall–Kier alpha value is -2.44. The Labute approximate surface area is 116 Å². The minimum Gasteiger partial charge on any atom is -0.465 e. The highest BCUT2D eigenvalue weighted by molar-refractivity contribution is 5.91. The molecule has 0 aromatic heterocycles. The van der Waals surface area contributed by atoms with Crippen LogP contribution in [0, 0.1) is 4.91 Å². The number of carbonyl (C=O) groups is 2. The fourth-order valence-corrected chi connectivity index (χ4v) is 1.45. The van der Waals surface area contributed by atoms with Gasteiger partial charge in [-0.1, -0.05) is 17.3 Å². The summed E-state index contributed by atoms with van der Waals surface area (Å²) in [6.07, 6.45) is 0. The van der Waals surface area contributed by atoms with Gasteiger partial charge in [-0.25, -0.2) is 4.79 Å². The molecule has 0 bridgehead atoms.